The van der Waals surface area contributed by atoms with Gasteiger partial charge in [0.05, 0.1) is 0 Å². The van der Waals surface area contributed by atoms with Gasteiger partial charge in [-0.2, -0.15) is 0 Å². The van der Waals surface area contributed by atoms with Crippen molar-refractivity contribution in [1.29, 1.82) is 0 Å². The highest BCUT2D eigenvalue weighted by Gasteiger charge is 2.33. The van der Waals surface area contributed by atoms with Crippen molar-refractivity contribution in [2.75, 3.05) is 25.0 Å². The Hall–Kier alpha value is -1.09. The van der Waals surface area contributed by atoms with Crippen molar-refractivity contribution >= 4 is 5.69 Å². The molecule has 1 N–H and O–H groups in total. The molecule has 3 heteroatoms. The topological polar surface area (TPSA) is 15.3 Å². The van der Waals surface area contributed by atoms with Crippen LogP contribution in [0.25, 0.3) is 0 Å². The van der Waals surface area contributed by atoms with Gasteiger partial charge in [0.15, 0.2) is 0 Å². The summed E-state index contributed by atoms with van der Waals surface area (Å²) in [5, 5.41) is 3.43. The van der Waals surface area contributed by atoms with Crippen molar-refractivity contribution in [3.63, 3.8) is 0 Å². The van der Waals surface area contributed by atoms with E-state index < -0.39 is 0 Å². The first-order chi connectivity index (χ1) is 7.75. The lowest BCUT2D eigenvalue weighted by Crippen LogP contribution is -2.51. The summed E-state index contributed by atoms with van der Waals surface area (Å²) in [7, 11) is 2.14. The molecule has 0 bridgehead atoms. The minimum absolute atomic E-state index is 0.116. The second kappa shape index (κ2) is 3.74. The number of benzene rings is 1. The summed E-state index contributed by atoms with van der Waals surface area (Å²) >= 11 is 0. The first-order valence-electron chi connectivity index (χ1n) is 5.97. The average Bonchev–Trinajstić information content (AvgIpc) is 2.29. The van der Waals surface area contributed by atoms with Crippen molar-refractivity contribution in [2.45, 2.75) is 18.9 Å². The van der Waals surface area contributed by atoms with Crippen molar-refractivity contribution < 1.29 is 4.39 Å². The molecule has 0 saturated carbocycles. The number of halogens is 1. The van der Waals surface area contributed by atoms with Gasteiger partial charge in [0.2, 0.25) is 0 Å². The number of rotatable bonds is 0. The zero-order valence-corrected chi connectivity index (χ0v) is 9.54. The van der Waals surface area contributed by atoms with Gasteiger partial charge in [-0.1, -0.05) is 0 Å². The van der Waals surface area contributed by atoms with E-state index in [2.05, 4.69) is 17.3 Å². The normalized spacial score (nSPS) is 28.5. The highest BCUT2D eigenvalue weighted by Crippen LogP contribution is 2.35. The van der Waals surface area contributed by atoms with Crippen LogP contribution in [0.3, 0.4) is 0 Å². The molecule has 0 radical (unpaired) electrons. The van der Waals surface area contributed by atoms with Crippen LogP contribution >= 0.6 is 0 Å². The average molecular weight is 220 g/mol. The van der Waals surface area contributed by atoms with E-state index in [-0.39, 0.29) is 5.82 Å². The summed E-state index contributed by atoms with van der Waals surface area (Å²) in [6.07, 6.45) is 2.20. The number of fused-ring (bicyclic) bond motifs is 2. The van der Waals surface area contributed by atoms with E-state index in [0.717, 1.165) is 25.1 Å². The van der Waals surface area contributed by atoms with E-state index >= 15 is 0 Å². The lowest BCUT2D eigenvalue weighted by Gasteiger charge is -2.44. The maximum absolute atomic E-state index is 13.2. The van der Waals surface area contributed by atoms with Crippen LogP contribution in [0.1, 0.15) is 12.0 Å². The van der Waals surface area contributed by atoms with Gasteiger partial charge in [0.1, 0.15) is 5.82 Å². The van der Waals surface area contributed by atoms with E-state index in [1.807, 2.05) is 6.07 Å². The van der Waals surface area contributed by atoms with Crippen LogP contribution in [0.5, 0.6) is 0 Å². The Labute approximate surface area is 95.4 Å². The number of nitrogens with one attached hydrogen (secondary N) is 1. The van der Waals surface area contributed by atoms with Gasteiger partial charge in [0.25, 0.3) is 0 Å². The summed E-state index contributed by atoms with van der Waals surface area (Å²) in [6, 6.07) is 5.80. The van der Waals surface area contributed by atoms with Crippen molar-refractivity contribution in [3.05, 3.63) is 29.6 Å². The molecule has 2 aliphatic rings. The first kappa shape index (κ1) is 10.1. The Morgan fingerprint density at radius 3 is 3.19 bits per heavy atom. The summed E-state index contributed by atoms with van der Waals surface area (Å²) in [4.78, 5) is 2.34. The smallest absolute Gasteiger partial charge is 0.123 e. The molecule has 2 heterocycles. The minimum Gasteiger partial charge on any atom is -0.371 e. The summed E-state index contributed by atoms with van der Waals surface area (Å²) in [5.41, 5.74) is 2.37. The molecule has 1 aromatic carbocycles. The van der Waals surface area contributed by atoms with E-state index in [1.54, 1.807) is 12.1 Å². The lowest BCUT2D eigenvalue weighted by molar-refractivity contribution is 0.304. The van der Waals surface area contributed by atoms with Crippen LogP contribution in [0.15, 0.2) is 18.2 Å². The molecule has 0 aliphatic carbocycles. The third kappa shape index (κ3) is 1.50. The molecular formula is C13H17FN2. The second-order valence-electron chi connectivity index (χ2n) is 4.91. The molecule has 0 aromatic heterocycles. The number of hydrogen-bond acceptors (Lipinski definition) is 2. The standard InChI is InChI=1S/C13H17FN2/c1-16-12-3-2-11(14)7-9(12)6-10-8-15-5-4-13(10)16/h2-3,7,10,13,15H,4-6,8H2,1H3. The first-order valence-corrected chi connectivity index (χ1v) is 5.97. The fourth-order valence-electron chi connectivity index (χ4n) is 3.15. The zero-order valence-electron chi connectivity index (χ0n) is 9.54. The van der Waals surface area contributed by atoms with E-state index in [4.69, 9.17) is 0 Å². The van der Waals surface area contributed by atoms with Crippen LogP contribution < -0.4 is 10.2 Å². The Morgan fingerprint density at radius 2 is 2.31 bits per heavy atom. The SMILES string of the molecule is CN1c2ccc(F)cc2CC2CNCCC21. The molecule has 1 saturated heterocycles. The van der Waals surface area contributed by atoms with Crippen LogP contribution in [-0.2, 0) is 6.42 Å². The van der Waals surface area contributed by atoms with Crippen LogP contribution in [0.2, 0.25) is 0 Å². The van der Waals surface area contributed by atoms with Crippen molar-refractivity contribution in [2.24, 2.45) is 5.92 Å². The molecule has 1 fully saturated rings. The fourth-order valence-corrected chi connectivity index (χ4v) is 3.15. The quantitative estimate of drug-likeness (QED) is 0.717. The molecule has 2 unspecified atom stereocenters. The third-order valence-corrected chi connectivity index (χ3v) is 3.97. The Morgan fingerprint density at radius 1 is 1.44 bits per heavy atom. The summed E-state index contributed by atoms with van der Waals surface area (Å²) in [5.74, 6) is 0.516. The molecule has 2 nitrogen and oxygen atoms in total. The Bertz CT molecular complexity index is 405. The van der Waals surface area contributed by atoms with E-state index in [9.17, 15) is 4.39 Å². The molecule has 16 heavy (non-hydrogen) atoms. The molecule has 2 atom stereocenters. The zero-order chi connectivity index (χ0) is 11.1. The lowest BCUT2D eigenvalue weighted by atomic mass is 9.82. The Balaban J connectivity index is 1.99. The number of piperidine rings is 1. The maximum atomic E-state index is 13.2. The van der Waals surface area contributed by atoms with Gasteiger partial charge in [0, 0.05) is 25.3 Å². The highest BCUT2D eigenvalue weighted by atomic mass is 19.1. The predicted octanol–water partition coefficient (Wildman–Crippen LogP) is 1.80. The van der Waals surface area contributed by atoms with Crippen molar-refractivity contribution in [1.82, 2.24) is 5.32 Å². The summed E-state index contributed by atoms with van der Waals surface area (Å²) in [6.45, 7) is 2.16. The molecular weight excluding hydrogens is 203 g/mol. The van der Waals surface area contributed by atoms with E-state index in [0.29, 0.717) is 12.0 Å². The van der Waals surface area contributed by atoms with Crippen molar-refractivity contribution in [3.8, 4) is 0 Å². The molecule has 1 aromatic rings. The molecule has 0 spiro atoms. The molecule has 3 rings (SSSR count). The number of hydrogen-bond donors (Lipinski definition) is 1. The number of nitrogens with zero attached hydrogens (tertiary/aromatic N) is 1. The van der Waals surface area contributed by atoms with Crippen LogP contribution in [-0.4, -0.2) is 26.2 Å². The van der Waals surface area contributed by atoms with Crippen LogP contribution in [0.4, 0.5) is 10.1 Å². The van der Waals surface area contributed by atoms with Gasteiger partial charge < -0.3 is 10.2 Å². The van der Waals surface area contributed by atoms with Crippen LogP contribution in [0, 0.1) is 11.7 Å². The second-order valence-corrected chi connectivity index (χ2v) is 4.91. The molecule has 0 amide bonds. The van der Waals surface area contributed by atoms with Gasteiger partial charge in [-0.25, -0.2) is 4.39 Å². The highest BCUT2D eigenvalue weighted by molar-refractivity contribution is 5.56. The maximum Gasteiger partial charge on any atom is 0.123 e. The summed E-state index contributed by atoms with van der Waals surface area (Å²) < 4.78 is 13.2. The number of anilines is 1. The minimum atomic E-state index is -0.116. The third-order valence-electron chi connectivity index (χ3n) is 3.97. The van der Waals surface area contributed by atoms with Gasteiger partial charge in [-0.3, -0.25) is 0 Å². The van der Waals surface area contributed by atoms with Gasteiger partial charge in [-0.05, 0) is 49.1 Å². The van der Waals surface area contributed by atoms with Gasteiger partial charge >= 0.3 is 0 Å². The predicted molar refractivity (Wildman–Crippen MR) is 63.3 cm³/mol. The Kier molecular flexibility index (Phi) is 2.36. The molecule has 86 valence electrons. The van der Waals surface area contributed by atoms with E-state index in [1.165, 1.54) is 12.1 Å². The fraction of sp³-hybridized carbons (Fsp3) is 0.538. The monoisotopic (exact) mass is 220 g/mol. The largest absolute Gasteiger partial charge is 0.371 e. The van der Waals surface area contributed by atoms with Gasteiger partial charge in [-0.15, -0.1) is 0 Å². The molecule has 2 aliphatic heterocycles.